The molecule has 2 aliphatic rings. The number of nitrogens with one attached hydrogen (secondary N) is 1. The molecule has 3 rings (SSSR count). The van der Waals surface area contributed by atoms with Gasteiger partial charge in [-0.1, -0.05) is 6.07 Å². The molecular formula is C15H21N3O2. The Labute approximate surface area is 118 Å². The Morgan fingerprint density at radius 1 is 1.45 bits per heavy atom. The van der Waals surface area contributed by atoms with Gasteiger partial charge in [0.1, 0.15) is 0 Å². The molecule has 0 aromatic heterocycles. The van der Waals surface area contributed by atoms with E-state index in [0.717, 1.165) is 30.7 Å². The Kier molecular flexibility index (Phi) is 3.40. The van der Waals surface area contributed by atoms with E-state index in [-0.39, 0.29) is 18.2 Å². The van der Waals surface area contributed by atoms with Gasteiger partial charge in [-0.25, -0.2) is 0 Å². The van der Waals surface area contributed by atoms with Crippen LogP contribution in [0, 0.1) is 12.8 Å². The van der Waals surface area contributed by atoms with Gasteiger partial charge in [-0.15, -0.1) is 0 Å². The summed E-state index contributed by atoms with van der Waals surface area (Å²) in [6, 6.07) is 5.69. The summed E-state index contributed by atoms with van der Waals surface area (Å²) < 4.78 is 5.80. The summed E-state index contributed by atoms with van der Waals surface area (Å²) in [5.41, 5.74) is 14.0. The van der Waals surface area contributed by atoms with E-state index in [9.17, 15) is 4.79 Å². The van der Waals surface area contributed by atoms with Crippen LogP contribution in [0.5, 0.6) is 0 Å². The van der Waals surface area contributed by atoms with Crippen molar-refractivity contribution < 1.29 is 9.53 Å². The van der Waals surface area contributed by atoms with E-state index in [4.69, 9.17) is 16.2 Å². The molecule has 1 aliphatic heterocycles. The molecule has 5 N–H and O–H groups in total. The number of amides is 1. The van der Waals surface area contributed by atoms with Crippen molar-refractivity contribution in [3.8, 4) is 0 Å². The van der Waals surface area contributed by atoms with Gasteiger partial charge in [0.2, 0.25) is 0 Å². The molecule has 1 aliphatic carbocycles. The molecule has 2 fully saturated rings. The van der Waals surface area contributed by atoms with Crippen LogP contribution in [0.3, 0.4) is 0 Å². The minimum Gasteiger partial charge on any atom is -0.377 e. The maximum atomic E-state index is 11.5. The first-order chi connectivity index (χ1) is 9.58. The third-order valence-electron chi connectivity index (χ3n) is 4.44. The Morgan fingerprint density at radius 2 is 2.25 bits per heavy atom. The predicted octanol–water partition coefficient (Wildman–Crippen LogP) is 1.01. The van der Waals surface area contributed by atoms with Crippen molar-refractivity contribution in [2.45, 2.75) is 38.0 Å². The van der Waals surface area contributed by atoms with Crippen LogP contribution in [0.1, 0.15) is 28.8 Å². The maximum absolute atomic E-state index is 11.5. The molecule has 0 radical (unpaired) electrons. The molecule has 4 atom stereocenters. The van der Waals surface area contributed by atoms with Gasteiger partial charge in [0.05, 0.1) is 17.7 Å². The monoisotopic (exact) mass is 275 g/mol. The fourth-order valence-electron chi connectivity index (χ4n) is 3.30. The van der Waals surface area contributed by atoms with Crippen LogP contribution in [-0.2, 0) is 4.74 Å². The molecule has 0 spiro atoms. The number of hydrogen-bond donors (Lipinski definition) is 3. The Bertz CT molecular complexity index is 532. The highest BCUT2D eigenvalue weighted by atomic mass is 16.5. The molecule has 1 aromatic rings. The SMILES string of the molecule is Cc1ccc(C(N)=O)c(NC2C(N)C3CCCOC32)c1. The summed E-state index contributed by atoms with van der Waals surface area (Å²) in [5, 5.41) is 3.37. The molecule has 1 saturated heterocycles. The molecule has 0 bridgehead atoms. The molecule has 20 heavy (non-hydrogen) atoms. The molecule has 4 unspecified atom stereocenters. The molecular weight excluding hydrogens is 254 g/mol. The van der Waals surface area contributed by atoms with Crippen LogP contribution in [0.4, 0.5) is 5.69 Å². The van der Waals surface area contributed by atoms with E-state index in [1.165, 1.54) is 0 Å². The Morgan fingerprint density at radius 3 is 3.00 bits per heavy atom. The highest BCUT2D eigenvalue weighted by Gasteiger charge is 2.50. The number of aryl methyl sites for hydroxylation is 1. The standard InChI is InChI=1S/C15H21N3O2/c1-8-4-5-9(15(17)19)11(7-8)18-13-12(16)10-3-2-6-20-14(10)13/h4-5,7,10,12-14,18H,2-3,6,16H2,1H3,(H2,17,19). The first kappa shape index (κ1) is 13.4. The normalized spacial score (nSPS) is 32.1. The number of carbonyl (C=O) groups excluding carboxylic acids is 1. The second kappa shape index (κ2) is 5.07. The number of anilines is 1. The zero-order chi connectivity index (χ0) is 14.3. The lowest BCUT2D eigenvalue weighted by Crippen LogP contribution is -2.69. The molecule has 1 amide bonds. The van der Waals surface area contributed by atoms with E-state index in [1.54, 1.807) is 6.07 Å². The van der Waals surface area contributed by atoms with Crippen LogP contribution < -0.4 is 16.8 Å². The van der Waals surface area contributed by atoms with E-state index in [2.05, 4.69) is 5.32 Å². The Hall–Kier alpha value is -1.59. The number of primary amides is 1. The fourth-order valence-corrected chi connectivity index (χ4v) is 3.30. The minimum absolute atomic E-state index is 0.0557. The average molecular weight is 275 g/mol. The molecule has 1 saturated carbocycles. The van der Waals surface area contributed by atoms with E-state index in [0.29, 0.717) is 11.5 Å². The van der Waals surface area contributed by atoms with Crippen molar-refractivity contribution in [1.82, 2.24) is 0 Å². The average Bonchev–Trinajstić information content (AvgIpc) is 2.44. The van der Waals surface area contributed by atoms with E-state index in [1.807, 2.05) is 19.1 Å². The zero-order valence-corrected chi connectivity index (χ0v) is 11.6. The number of ether oxygens (including phenoxy) is 1. The van der Waals surface area contributed by atoms with Gasteiger partial charge in [0, 0.05) is 24.3 Å². The van der Waals surface area contributed by atoms with Gasteiger partial charge in [-0.2, -0.15) is 0 Å². The maximum Gasteiger partial charge on any atom is 0.250 e. The summed E-state index contributed by atoms with van der Waals surface area (Å²) >= 11 is 0. The van der Waals surface area contributed by atoms with Crippen LogP contribution >= 0.6 is 0 Å². The first-order valence-electron chi connectivity index (χ1n) is 7.12. The third kappa shape index (κ3) is 2.17. The summed E-state index contributed by atoms with van der Waals surface area (Å²) in [6.07, 6.45) is 2.36. The van der Waals surface area contributed by atoms with Crippen molar-refractivity contribution in [2.24, 2.45) is 17.4 Å². The van der Waals surface area contributed by atoms with E-state index >= 15 is 0 Å². The Balaban J connectivity index is 1.81. The second-order valence-corrected chi connectivity index (χ2v) is 5.80. The van der Waals surface area contributed by atoms with Gasteiger partial charge in [-0.05, 0) is 37.5 Å². The van der Waals surface area contributed by atoms with Gasteiger partial charge >= 0.3 is 0 Å². The number of nitrogens with two attached hydrogens (primary N) is 2. The first-order valence-corrected chi connectivity index (χ1v) is 7.12. The molecule has 5 nitrogen and oxygen atoms in total. The molecule has 5 heteroatoms. The molecule has 1 aromatic carbocycles. The lowest BCUT2D eigenvalue weighted by molar-refractivity contribution is -0.104. The number of rotatable bonds is 3. The largest absolute Gasteiger partial charge is 0.377 e. The minimum atomic E-state index is -0.429. The van der Waals surface area contributed by atoms with Crippen LogP contribution in [-0.4, -0.2) is 30.7 Å². The number of fused-ring (bicyclic) bond motifs is 1. The third-order valence-corrected chi connectivity index (χ3v) is 4.44. The van der Waals surface area contributed by atoms with Crippen molar-refractivity contribution in [2.75, 3.05) is 11.9 Å². The highest BCUT2D eigenvalue weighted by molar-refractivity contribution is 5.98. The quantitative estimate of drug-likeness (QED) is 0.768. The smallest absolute Gasteiger partial charge is 0.250 e. The number of carbonyl (C=O) groups is 1. The number of hydrogen-bond acceptors (Lipinski definition) is 4. The van der Waals surface area contributed by atoms with Crippen LogP contribution in [0.2, 0.25) is 0 Å². The lowest BCUT2D eigenvalue weighted by atomic mass is 9.68. The summed E-state index contributed by atoms with van der Waals surface area (Å²) in [6.45, 7) is 2.78. The van der Waals surface area contributed by atoms with Crippen molar-refractivity contribution in [1.29, 1.82) is 0 Å². The van der Waals surface area contributed by atoms with Crippen LogP contribution in [0.25, 0.3) is 0 Å². The fraction of sp³-hybridized carbons (Fsp3) is 0.533. The van der Waals surface area contributed by atoms with Crippen molar-refractivity contribution in [3.05, 3.63) is 29.3 Å². The van der Waals surface area contributed by atoms with E-state index < -0.39 is 5.91 Å². The van der Waals surface area contributed by atoms with Gasteiger partial charge in [-0.3, -0.25) is 4.79 Å². The molecule has 108 valence electrons. The summed E-state index contributed by atoms with van der Waals surface area (Å²) in [5.74, 6) is 0.00425. The summed E-state index contributed by atoms with van der Waals surface area (Å²) in [7, 11) is 0. The number of benzene rings is 1. The highest BCUT2D eigenvalue weighted by Crippen LogP contribution is 2.39. The zero-order valence-electron chi connectivity index (χ0n) is 11.6. The van der Waals surface area contributed by atoms with Crippen LogP contribution in [0.15, 0.2) is 18.2 Å². The van der Waals surface area contributed by atoms with Crippen molar-refractivity contribution >= 4 is 11.6 Å². The predicted molar refractivity (Wildman–Crippen MR) is 77.5 cm³/mol. The second-order valence-electron chi connectivity index (χ2n) is 5.80. The van der Waals surface area contributed by atoms with Gasteiger partial charge in [0.25, 0.3) is 5.91 Å². The van der Waals surface area contributed by atoms with Gasteiger partial charge < -0.3 is 21.5 Å². The lowest BCUT2D eigenvalue weighted by Gasteiger charge is -2.52. The topological polar surface area (TPSA) is 90.4 Å². The molecule has 1 heterocycles. The summed E-state index contributed by atoms with van der Waals surface area (Å²) in [4.78, 5) is 11.5. The van der Waals surface area contributed by atoms with Gasteiger partial charge in [0.15, 0.2) is 0 Å². The van der Waals surface area contributed by atoms with Crippen molar-refractivity contribution in [3.63, 3.8) is 0 Å².